The molecule has 0 bridgehead atoms. The van der Waals surface area contributed by atoms with E-state index in [1.54, 1.807) is 7.11 Å². The van der Waals surface area contributed by atoms with Gasteiger partial charge in [0.15, 0.2) is 0 Å². The number of methoxy groups -OCH3 is 1. The van der Waals surface area contributed by atoms with Gasteiger partial charge < -0.3 is 14.6 Å². The molecule has 1 N–H and O–H groups in total. The molecular weight excluding hydrogens is 262 g/mol. The van der Waals surface area contributed by atoms with Crippen LogP contribution in [0.2, 0.25) is 0 Å². The highest BCUT2D eigenvalue weighted by Gasteiger charge is 2.10. The second-order valence-corrected chi connectivity index (χ2v) is 5.73. The van der Waals surface area contributed by atoms with Crippen molar-refractivity contribution in [2.75, 3.05) is 7.11 Å². The van der Waals surface area contributed by atoms with E-state index in [1.807, 2.05) is 19.2 Å². The lowest BCUT2D eigenvalue weighted by Gasteiger charge is -2.15. The Morgan fingerprint density at radius 2 is 2.05 bits per heavy atom. The van der Waals surface area contributed by atoms with Gasteiger partial charge in [0.25, 0.3) is 0 Å². The molecule has 0 spiro atoms. The quantitative estimate of drug-likeness (QED) is 0.887. The fourth-order valence-electron chi connectivity index (χ4n) is 2.38. The van der Waals surface area contributed by atoms with E-state index in [1.165, 1.54) is 16.8 Å². The van der Waals surface area contributed by atoms with Gasteiger partial charge in [-0.1, -0.05) is 31.5 Å². The summed E-state index contributed by atoms with van der Waals surface area (Å²) in [5.41, 5.74) is 3.62. The maximum atomic E-state index is 5.48. The van der Waals surface area contributed by atoms with Crippen LogP contribution in [-0.2, 0) is 13.1 Å². The average molecular weight is 287 g/mol. The SMILES string of the molecule is COc1ccc(C)cc1Cn1c(CNC(C)C)cnc1C. The van der Waals surface area contributed by atoms with Crippen LogP contribution >= 0.6 is 0 Å². The van der Waals surface area contributed by atoms with Crippen LogP contribution in [0.1, 0.15) is 36.5 Å². The fraction of sp³-hybridized carbons (Fsp3) is 0.471. The third-order valence-electron chi connectivity index (χ3n) is 3.59. The van der Waals surface area contributed by atoms with Gasteiger partial charge in [0.05, 0.1) is 19.3 Å². The van der Waals surface area contributed by atoms with Crippen LogP contribution in [0.25, 0.3) is 0 Å². The smallest absolute Gasteiger partial charge is 0.123 e. The molecule has 1 aromatic heterocycles. The Kier molecular flexibility index (Phi) is 5.02. The average Bonchev–Trinajstić information content (AvgIpc) is 2.78. The van der Waals surface area contributed by atoms with Crippen LogP contribution in [0.15, 0.2) is 24.4 Å². The van der Waals surface area contributed by atoms with Crippen LogP contribution in [0.5, 0.6) is 5.75 Å². The van der Waals surface area contributed by atoms with Crippen LogP contribution in [0.3, 0.4) is 0 Å². The van der Waals surface area contributed by atoms with Gasteiger partial charge in [-0.15, -0.1) is 0 Å². The summed E-state index contributed by atoms with van der Waals surface area (Å²) in [4.78, 5) is 4.45. The number of aromatic nitrogens is 2. The zero-order valence-electron chi connectivity index (χ0n) is 13.6. The highest BCUT2D eigenvalue weighted by Crippen LogP contribution is 2.22. The Hall–Kier alpha value is -1.81. The van der Waals surface area contributed by atoms with Crippen LogP contribution in [0, 0.1) is 13.8 Å². The molecule has 1 heterocycles. The van der Waals surface area contributed by atoms with Crippen LogP contribution < -0.4 is 10.1 Å². The minimum Gasteiger partial charge on any atom is -0.496 e. The maximum Gasteiger partial charge on any atom is 0.123 e. The summed E-state index contributed by atoms with van der Waals surface area (Å²) >= 11 is 0. The summed E-state index contributed by atoms with van der Waals surface area (Å²) in [6, 6.07) is 6.74. The van der Waals surface area contributed by atoms with Gasteiger partial charge in [-0.3, -0.25) is 0 Å². The van der Waals surface area contributed by atoms with Crippen LogP contribution in [0.4, 0.5) is 0 Å². The number of aryl methyl sites for hydroxylation is 2. The van der Waals surface area contributed by atoms with E-state index in [9.17, 15) is 0 Å². The third-order valence-corrected chi connectivity index (χ3v) is 3.59. The Labute approximate surface area is 127 Å². The maximum absolute atomic E-state index is 5.48. The second kappa shape index (κ2) is 6.76. The molecule has 0 saturated carbocycles. The topological polar surface area (TPSA) is 39.1 Å². The first-order valence-corrected chi connectivity index (χ1v) is 7.39. The zero-order chi connectivity index (χ0) is 15.4. The summed E-state index contributed by atoms with van der Waals surface area (Å²) < 4.78 is 7.72. The van der Waals surface area contributed by atoms with Crippen molar-refractivity contribution in [2.45, 2.75) is 46.8 Å². The number of rotatable bonds is 6. The lowest BCUT2D eigenvalue weighted by atomic mass is 10.1. The molecule has 0 atom stereocenters. The summed E-state index contributed by atoms with van der Waals surface area (Å²) in [7, 11) is 1.72. The first kappa shape index (κ1) is 15.6. The highest BCUT2D eigenvalue weighted by molar-refractivity contribution is 5.37. The Morgan fingerprint density at radius 1 is 1.29 bits per heavy atom. The Morgan fingerprint density at radius 3 is 2.71 bits per heavy atom. The molecular formula is C17H25N3O. The molecule has 0 radical (unpaired) electrons. The first-order chi connectivity index (χ1) is 10.0. The lowest BCUT2D eigenvalue weighted by Crippen LogP contribution is -2.23. The fourth-order valence-corrected chi connectivity index (χ4v) is 2.38. The summed E-state index contributed by atoms with van der Waals surface area (Å²) in [5, 5.41) is 3.45. The Balaban J connectivity index is 2.27. The molecule has 0 saturated heterocycles. The van der Waals surface area contributed by atoms with E-state index in [0.717, 1.165) is 24.7 Å². The number of hydrogen-bond acceptors (Lipinski definition) is 3. The van der Waals surface area contributed by atoms with Crippen molar-refractivity contribution >= 4 is 0 Å². The lowest BCUT2D eigenvalue weighted by molar-refractivity contribution is 0.407. The van der Waals surface area contributed by atoms with E-state index in [4.69, 9.17) is 4.74 Å². The summed E-state index contributed by atoms with van der Waals surface area (Å²) in [6.45, 7) is 10.1. The van der Waals surface area contributed by atoms with Crippen molar-refractivity contribution in [2.24, 2.45) is 0 Å². The number of nitrogens with zero attached hydrogens (tertiary/aromatic N) is 2. The molecule has 0 aliphatic carbocycles. The largest absolute Gasteiger partial charge is 0.496 e. The molecule has 4 nitrogen and oxygen atoms in total. The van der Waals surface area contributed by atoms with E-state index >= 15 is 0 Å². The number of ether oxygens (including phenoxy) is 1. The predicted octanol–water partition coefficient (Wildman–Crippen LogP) is 3.05. The highest BCUT2D eigenvalue weighted by atomic mass is 16.5. The van der Waals surface area contributed by atoms with Gasteiger partial charge in [-0.05, 0) is 19.9 Å². The standard InChI is InChI=1S/C17H25N3O/c1-12(2)18-9-16-10-19-14(4)20(16)11-15-8-13(3)6-7-17(15)21-5/h6-8,10,12,18H,9,11H2,1-5H3. The van der Waals surface area contributed by atoms with Crippen molar-refractivity contribution in [1.82, 2.24) is 14.9 Å². The minimum atomic E-state index is 0.460. The molecule has 2 aromatic rings. The van der Waals surface area contributed by atoms with Crippen LogP contribution in [-0.4, -0.2) is 22.7 Å². The monoisotopic (exact) mass is 287 g/mol. The van der Waals surface area contributed by atoms with Crippen molar-refractivity contribution in [3.63, 3.8) is 0 Å². The molecule has 1 aromatic carbocycles. The van der Waals surface area contributed by atoms with Gasteiger partial charge >= 0.3 is 0 Å². The van der Waals surface area contributed by atoms with Crippen molar-refractivity contribution in [3.05, 3.63) is 47.0 Å². The number of nitrogens with one attached hydrogen (secondary N) is 1. The molecule has 0 amide bonds. The van der Waals surface area contributed by atoms with Gasteiger partial charge in [-0.25, -0.2) is 4.98 Å². The van der Waals surface area contributed by atoms with Gasteiger partial charge in [0.1, 0.15) is 11.6 Å². The number of imidazole rings is 1. The van der Waals surface area contributed by atoms with E-state index in [0.29, 0.717) is 6.04 Å². The van der Waals surface area contributed by atoms with E-state index in [-0.39, 0.29) is 0 Å². The van der Waals surface area contributed by atoms with Gasteiger partial charge in [0.2, 0.25) is 0 Å². The molecule has 21 heavy (non-hydrogen) atoms. The normalized spacial score (nSPS) is 11.1. The second-order valence-electron chi connectivity index (χ2n) is 5.73. The molecule has 0 aliphatic heterocycles. The zero-order valence-corrected chi connectivity index (χ0v) is 13.6. The van der Waals surface area contributed by atoms with Crippen molar-refractivity contribution < 1.29 is 4.74 Å². The van der Waals surface area contributed by atoms with Gasteiger partial charge in [-0.2, -0.15) is 0 Å². The van der Waals surface area contributed by atoms with E-state index < -0.39 is 0 Å². The summed E-state index contributed by atoms with van der Waals surface area (Å²) in [5.74, 6) is 1.95. The van der Waals surface area contributed by atoms with Gasteiger partial charge in [0, 0.05) is 24.3 Å². The van der Waals surface area contributed by atoms with Crippen molar-refractivity contribution in [1.29, 1.82) is 0 Å². The van der Waals surface area contributed by atoms with E-state index in [2.05, 4.69) is 47.8 Å². The molecule has 0 unspecified atom stereocenters. The third kappa shape index (κ3) is 3.85. The first-order valence-electron chi connectivity index (χ1n) is 7.39. The number of benzene rings is 1. The number of hydrogen-bond donors (Lipinski definition) is 1. The molecule has 2 rings (SSSR count). The molecule has 114 valence electrons. The van der Waals surface area contributed by atoms with Crippen molar-refractivity contribution in [3.8, 4) is 5.75 Å². The Bertz CT molecular complexity index is 602. The predicted molar refractivity (Wildman–Crippen MR) is 85.8 cm³/mol. The minimum absolute atomic E-state index is 0.460. The molecule has 4 heteroatoms. The summed E-state index contributed by atoms with van der Waals surface area (Å²) in [6.07, 6.45) is 1.95. The molecule has 0 fully saturated rings. The molecule has 0 aliphatic rings.